The van der Waals surface area contributed by atoms with Crippen molar-refractivity contribution in [1.82, 2.24) is 5.32 Å². The number of aliphatic carboxylic acids is 1. The number of amides is 1. The van der Waals surface area contributed by atoms with Crippen LogP contribution in [0, 0.1) is 0 Å². The molecular weight excluding hydrogens is 514 g/mol. The monoisotopic (exact) mass is 551 g/mol. The van der Waals surface area contributed by atoms with Gasteiger partial charge in [-0.15, -0.1) is 0 Å². The van der Waals surface area contributed by atoms with Crippen molar-refractivity contribution in [2.24, 2.45) is 0 Å². The quantitative estimate of drug-likeness (QED) is 0.194. The second-order valence-corrected chi connectivity index (χ2v) is 11.0. The Balaban J connectivity index is 1.61. The summed E-state index contributed by atoms with van der Waals surface area (Å²) in [7, 11) is 0. The van der Waals surface area contributed by atoms with Crippen LogP contribution in [-0.4, -0.2) is 35.1 Å². The molecule has 0 spiro atoms. The SMILES string of the molecule is CC(C)c1ccc(C(=O)/C=C(/C(=O)c2ccc(C(=O)NCCC(=O)O)cc2)c2ccc(C3CCCCC3)cc2)cc1. The van der Waals surface area contributed by atoms with Crippen LogP contribution in [0.3, 0.4) is 0 Å². The average Bonchev–Trinajstić information content (AvgIpc) is 3.00. The van der Waals surface area contributed by atoms with Crippen LogP contribution in [0.2, 0.25) is 0 Å². The molecule has 0 aromatic heterocycles. The molecule has 1 aliphatic carbocycles. The van der Waals surface area contributed by atoms with Crippen molar-refractivity contribution in [3.8, 4) is 0 Å². The van der Waals surface area contributed by atoms with Crippen LogP contribution in [0.5, 0.6) is 0 Å². The van der Waals surface area contributed by atoms with E-state index in [2.05, 4.69) is 31.3 Å². The summed E-state index contributed by atoms with van der Waals surface area (Å²) in [4.78, 5) is 50.2. The summed E-state index contributed by atoms with van der Waals surface area (Å²) in [5.41, 5.74) is 4.51. The van der Waals surface area contributed by atoms with Crippen molar-refractivity contribution < 1.29 is 24.3 Å². The van der Waals surface area contributed by atoms with Crippen molar-refractivity contribution in [3.63, 3.8) is 0 Å². The Bertz CT molecular complexity index is 1410. The minimum absolute atomic E-state index is 0.0127. The number of carboxylic acids is 1. The first-order chi connectivity index (χ1) is 19.7. The fourth-order valence-electron chi connectivity index (χ4n) is 5.21. The Morgan fingerprint density at radius 2 is 1.34 bits per heavy atom. The molecule has 0 atom stereocenters. The van der Waals surface area contributed by atoms with Gasteiger partial charge in [0.2, 0.25) is 0 Å². The Morgan fingerprint density at radius 1 is 0.780 bits per heavy atom. The van der Waals surface area contributed by atoms with Crippen LogP contribution in [0.25, 0.3) is 5.57 Å². The molecule has 0 aliphatic heterocycles. The summed E-state index contributed by atoms with van der Waals surface area (Å²) in [6.07, 6.45) is 7.31. The fourth-order valence-corrected chi connectivity index (χ4v) is 5.21. The molecule has 2 N–H and O–H groups in total. The van der Waals surface area contributed by atoms with Crippen LogP contribution in [0.15, 0.2) is 78.9 Å². The van der Waals surface area contributed by atoms with Gasteiger partial charge >= 0.3 is 5.97 Å². The molecule has 41 heavy (non-hydrogen) atoms. The molecule has 4 rings (SSSR count). The van der Waals surface area contributed by atoms with Gasteiger partial charge in [-0.1, -0.05) is 93.8 Å². The zero-order chi connectivity index (χ0) is 29.4. The van der Waals surface area contributed by atoms with E-state index in [9.17, 15) is 19.2 Å². The first-order valence-corrected chi connectivity index (χ1v) is 14.3. The van der Waals surface area contributed by atoms with Gasteiger partial charge in [-0.05, 0) is 59.6 Å². The normalized spacial score (nSPS) is 14.1. The van der Waals surface area contributed by atoms with Gasteiger partial charge in [0.15, 0.2) is 11.6 Å². The maximum atomic E-state index is 13.8. The summed E-state index contributed by atoms with van der Waals surface area (Å²) >= 11 is 0. The molecule has 0 unspecified atom stereocenters. The third-order valence-electron chi connectivity index (χ3n) is 7.71. The largest absolute Gasteiger partial charge is 0.481 e. The standard InChI is InChI=1S/C35H37NO5/c1-23(2)24-8-14-28(15-9-24)32(37)22-31(27-12-10-26(11-13-27)25-6-4-3-5-7-25)34(40)29-16-18-30(19-17-29)35(41)36-21-20-33(38)39/h8-19,22-23,25H,3-7,20-21H2,1-2H3,(H,36,41)(H,38,39)/b31-22+. The molecule has 3 aromatic rings. The second-order valence-electron chi connectivity index (χ2n) is 11.0. The zero-order valence-electron chi connectivity index (χ0n) is 23.7. The third-order valence-corrected chi connectivity index (χ3v) is 7.71. The second kappa shape index (κ2) is 13.8. The lowest BCUT2D eigenvalue weighted by Gasteiger charge is -2.22. The molecule has 1 fully saturated rings. The Kier molecular flexibility index (Phi) is 10.0. The molecule has 0 heterocycles. The third kappa shape index (κ3) is 7.88. The maximum Gasteiger partial charge on any atom is 0.305 e. The molecule has 1 saturated carbocycles. The van der Waals surface area contributed by atoms with E-state index in [-0.39, 0.29) is 30.1 Å². The number of Topliss-reactive ketones (excluding diaryl/α,β-unsaturated/α-hetero) is 1. The number of rotatable bonds is 11. The van der Waals surface area contributed by atoms with E-state index >= 15 is 0 Å². The molecular formula is C35H37NO5. The van der Waals surface area contributed by atoms with Gasteiger partial charge in [0.1, 0.15) is 0 Å². The lowest BCUT2D eigenvalue weighted by Crippen LogP contribution is -2.26. The van der Waals surface area contributed by atoms with E-state index in [1.165, 1.54) is 55.9 Å². The molecule has 0 bridgehead atoms. The lowest BCUT2D eigenvalue weighted by atomic mass is 9.83. The van der Waals surface area contributed by atoms with E-state index in [1.54, 1.807) is 24.3 Å². The highest BCUT2D eigenvalue weighted by molar-refractivity contribution is 6.32. The predicted molar refractivity (Wildman–Crippen MR) is 160 cm³/mol. The minimum Gasteiger partial charge on any atom is -0.481 e. The van der Waals surface area contributed by atoms with Gasteiger partial charge in [0.25, 0.3) is 5.91 Å². The molecule has 212 valence electrons. The number of benzene rings is 3. The van der Waals surface area contributed by atoms with Crippen molar-refractivity contribution in [2.45, 2.75) is 64.2 Å². The van der Waals surface area contributed by atoms with Gasteiger partial charge in [-0.25, -0.2) is 0 Å². The van der Waals surface area contributed by atoms with Gasteiger partial charge in [0.05, 0.1) is 6.42 Å². The van der Waals surface area contributed by atoms with E-state index in [0.717, 1.165) is 5.56 Å². The minimum atomic E-state index is -0.997. The molecule has 6 nitrogen and oxygen atoms in total. The molecule has 3 aromatic carbocycles. The Labute approximate surface area is 241 Å². The van der Waals surface area contributed by atoms with E-state index < -0.39 is 11.9 Å². The molecule has 6 heteroatoms. The van der Waals surface area contributed by atoms with Crippen molar-refractivity contribution in [3.05, 3.63) is 112 Å². The molecule has 1 aliphatic rings. The topological polar surface area (TPSA) is 101 Å². The number of hydrogen-bond acceptors (Lipinski definition) is 4. The van der Waals surface area contributed by atoms with Crippen LogP contribution >= 0.6 is 0 Å². The average molecular weight is 552 g/mol. The van der Waals surface area contributed by atoms with Gasteiger partial charge in [0, 0.05) is 28.8 Å². The summed E-state index contributed by atoms with van der Waals surface area (Å²) in [5.74, 6) is -1.12. The Morgan fingerprint density at radius 3 is 1.93 bits per heavy atom. The van der Waals surface area contributed by atoms with Crippen LogP contribution in [0.1, 0.15) is 112 Å². The number of carboxylic acid groups (broad SMARTS) is 1. The molecule has 0 saturated heterocycles. The predicted octanol–water partition coefficient (Wildman–Crippen LogP) is 7.21. The highest BCUT2D eigenvalue weighted by Gasteiger charge is 2.20. The Hall–Kier alpha value is -4.32. The van der Waals surface area contributed by atoms with Crippen LogP contribution in [-0.2, 0) is 4.79 Å². The number of carbonyl (C=O) groups is 4. The molecule has 1 amide bonds. The number of allylic oxidation sites excluding steroid dienone is 2. The number of nitrogens with one attached hydrogen (secondary N) is 1. The number of carbonyl (C=O) groups excluding carboxylic acids is 3. The zero-order valence-corrected chi connectivity index (χ0v) is 23.7. The summed E-state index contributed by atoms with van der Waals surface area (Å²) in [6.45, 7) is 4.20. The van der Waals surface area contributed by atoms with Crippen LogP contribution in [0.4, 0.5) is 0 Å². The maximum absolute atomic E-state index is 13.8. The van der Waals surface area contributed by atoms with Crippen molar-refractivity contribution in [2.75, 3.05) is 6.54 Å². The summed E-state index contributed by atoms with van der Waals surface area (Å²) in [5, 5.41) is 11.3. The highest BCUT2D eigenvalue weighted by atomic mass is 16.4. The first kappa shape index (κ1) is 29.7. The number of ketones is 2. The van der Waals surface area contributed by atoms with Crippen LogP contribution < -0.4 is 5.32 Å². The van der Waals surface area contributed by atoms with Gasteiger partial charge < -0.3 is 10.4 Å². The van der Waals surface area contributed by atoms with E-state index in [0.29, 0.717) is 34.1 Å². The summed E-state index contributed by atoms with van der Waals surface area (Å²) in [6, 6.07) is 21.6. The lowest BCUT2D eigenvalue weighted by molar-refractivity contribution is -0.136. The van der Waals surface area contributed by atoms with E-state index in [4.69, 9.17) is 5.11 Å². The van der Waals surface area contributed by atoms with Crippen molar-refractivity contribution >= 4 is 29.0 Å². The van der Waals surface area contributed by atoms with Crippen molar-refractivity contribution in [1.29, 1.82) is 0 Å². The smallest absolute Gasteiger partial charge is 0.305 e. The molecule has 0 radical (unpaired) electrons. The highest BCUT2D eigenvalue weighted by Crippen LogP contribution is 2.33. The van der Waals surface area contributed by atoms with E-state index in [1.807, 2.05) is 24.3 Å². The number of hydrogen-bond donors (Lipinski definition) is 2. The fraction of sp³-hybridized carbons (Fsp3) is 0.314. The summed E-state index contributed by atoms with van der Waals surface area (Å²) < 4.78 is 0. The van der Waals surface area contributed by atoms with Gasteiger partial charge in [-0.2, -0.15) is 0 Å². The first-order valence-electron chi connectivity index (χ1n) is 14.3. The van der Waals surface area contributed by atoms with Gasteiger partial charge in [-0.3, -0.25) is 19.2 Å².